The number of nitrogens with one attached hydrogen (secondary N) is 1. The molecule has 3 rings (SSSR count). The van der Waals surface area contributed by atoms with Crippen molar-refractivity contribution in [2.75, 3.05) is 23.3 Å². The van der Waals surface area contributed by atoms with Gasteiger partial charge in [-0.25, -0.2) is 18.5 Å². The number of pyridine rings is 1. The molecule has 1 aromatic carbocycles. The van der Waals surface area contributed by atoms with Crippen LogP contribution >= 0.6 is 0 Å². The van der Waals surface area contributed by atoms with Crippen LogP contribution in [0.3, 0.4) is 0 Å². The third-order valence-electron chi connectivity index (χ3n) is 4.39. The van der Waals surface area contributed by atoms with E-state index in [0.29, 0.717) is 11.3 Å². The van der Waals surface area contributed by atoms with E-state index in [-0.39, 0.29) is 29.4 Å². The molecule has 2 atom stereocenters. The minimum Gasteiger partial charge on any atom is -0.372 e. The normalized spacial score (nSPS) is 20.0. The van der Waals surface area contributed by atoms with Gasteiger partial charge in [-0.05, 0) is 43.7 Å². The van der Waals surface area contributed by atoms with Gasteiger partial charge < -0.3 is 15.0 Å². The number of nitrogens with zero attached hydrogens (tertiary/aromatic N) is 2. The molecule has 2 heterocycles. The highest BCUT2D eigenvalue weighted by Crippen LogP contribution is 2.20. The number of sulfonamides is 1. The number of aromatic nitrogens is 1. The van der Waals surface area contributed by atoms with Crippen molar-refractivity contribution in [1.29, 1.82) is 0 Å². The SMILES string of the molecule is CC1CN(c2ccc(NC(=O)Cc3ccc(S(N)(=O)=O)cc3)cn2)CC(C)O1. The van der Waals surface area contributed by atoms with Gasteiger partial charge in [0.15, 0.2) is 0 Å². The van der Waals surface area contributed by atoms with E-state index in [4.69, 9.17) is 9.88 Å². The first-order valence-corrected chi connectivity index (χ1v) is 10.5. The number of benzene rings is 1. The molecule has 9 heteroatoms. The Bertz CT molecular complexity index is 919. The Labute approximate surface area is 164 Å². The zero-order valence-corrected chi connectivity index (χ0v) is 16.6. The number of anilines is 2. The van der Waals surface area contributed by atoms with Crippen molar-refractivity contribution in [3.8, 4) is 0 Å². The highest BCUT2D eigenvalue weighted by atomic mass is 32.2. The molecular weight excluding hydrogens is 380 g/mol. The maximum atomic E-state index is 12.2. The third-order valence-corrected chi connectivity index (χ3v) is 5.32. The van der Waals surface area contributed by atoms with Crippen molar-refractivity contribution in [3.05, 3.63) is 48.2 Å². The lowest BCUT2D eigenvalue weighted by Crippen LogP contribution is -2.45. The maximum absolute atomic E-state index is 12.2. The van der Waals surface area contributed by atoms with Gasteiger partial charge >= 0.3 is 0 Å². The Morgan fingerprint density at radius 2 is 1.82 bits per heavy atom. The van der Waals surface area contributed by atoms with Gasteiger partial charge in [0.1, 0.15) is 5.82 Å². The van der Waals surface area contributed by atoms with Gasteiger partial charge in [-0.2, -0.15) is 0 Å². The second-order valence-electron chi connectivity index (χ2n) is 6.98. The number of primary sulfonamides is 1. The molecule has 3 N–H and O–H groups in total. The average molecular weight is 404 g/mol. The molecule has 150 valence electrons. The van der Waals surface area contributed by atoms with Crippen LogP contribution in [0.4, 0.5) is 11.5 Å². The molecule has 8 nitrogen and oxygen atoms in total. The summed E-state index contributed by atoms with van der Waals surface area (Å²) in [6, 6.07) is 9.61. The molecule has 0 bridgehead atoms. The van der Waals surface area contributed by atoms with Crippen molar-refractivity contribution in [1.82, 2.24) is 4.98 Å². The van der Waals surface area contributed by atoms with E-state index >= 15 is 0 Å². The van der Waals surface area contributed by atoms with Gasteiger partial charge in [0.05, 0.1) is 35.4 Å². The minimum atomic E-state index is -3.74. The Kier molecular flexibility index (Phi) is 5.97. The molecule has 28 heavy (non-hydrogen) atoms. The van der Waals surface area contributed by atoms with E-state index in [0.717, 1.165) is 18.9 Å². The van der Waals surface area contributed by atoms with E-state index in [1.54, 1.807) is 18.3 Å². The average Bonchev–Trinajstić information content (AvgIpc) is 2.61. The number of morpholine rings is 1. The second-order valence-corrected chi connectivity index (χ2v) is 8.54. The molecule has 1 saturated heterocycles. The predicted octanol–water partition coefficient (Wildman–Crippen LogP) is 1.52. The minimum absolute atomic E-state index is 0.0168. The second kappa shape index (κ2) is 8.26. The lowest BCUT2D eigenvalue weighted by atomic mass is 10.1. The lowest BCUT2D eigenvalue weighted by Gasteiger charge is -2.36. The maximum Gasteiger partial charge on any atom is 0.238 e. The zero-order valence-electron chi connectivity index (χ0n) is 15.8. The van der Waals surface area contributed by atoms with Crippen molar-refractivity contribution >= 4 is 27.4 Å². The smallest absolute Gasteiger partial charge is 0.238 e. The Morgan fingerprint density at radius 1 is 1.18 bits per heavy atom. The number of ether oxygens (including phenoxy) is 1. The van der Waals surface area contributed by atoms with Gasteiger partial charge in [-0.15, -0.1) is 0 Å². The molecule has 0 radical (unpaired) electrons. The number of rotatable bonds is 5. The summed E-state index contributed by atoms with van der Waals surface area (Å²) in [7, 11) is -3.74. The van der Waals surface area contributed by atoms with Crippen molar-refractivity contribution in [2.24, 2.45) is 5.14 Å². The Morgan fingerprint density at radius 3 is 2.36 bits per heavy atom. The largest absolute Gasteiger partial charge is 0.372 e. The van der Waals surface area contributed by atoms with Crippen LogP contribution in [-0.2, 0) is 26.0 Å². The predicted molar refractivity (Wildman–Crippen MR) is 107 cm³/mol. The van der Waals surface area contributed by atoms with Crippen LogP contribution in [0, 0.1) is 0 Å². The third kappa shape index (κ3) is 5.28. The topological polar surface area (TPSA) is 115 Å². The molecule has 1 aliphatic heterocycles. The van der Waals surface area contributed by atoms with E-state index in [1.807, 2.05) is 26.0 Å². The van der Waals surface area contributed by atoms with Gasteiger partial charge in [0.2, 0.25) is 15.9 Å². The molecule has 2 unspecified atom stereocenters. The summed E-state index contributed by atoms with van der Waals surface area (Å²) >= 11 is 0. The Balaban J connectivity index is 1.58. The summed E-state index contributed by atoms with van der Waals surface area (Å²) in [5.74, 6) is 0.630. The molecule has 0 aliphatic carbocycles. The van der Waals surface area contributed by atoms with Crippen molar-refractivity contribution in [2.45, 2.75) is 37.4 Å². The van der Waals surface area contributed by atoms with Crippen molar-refractivity contribution in [3.63, 3.8) is 0 Å². The van der Waals surface area contributed by atoms with Gasteiger partial charge in [-0.1, -0.05) is 12.1 Å². The monoisotopic (exact) mass is 404 g/mol. The van der Waals surface area contributed by atoms with Gasteiger partial charge in [-0.3, -0.25) is 4.79 Å². The highest BCUT2D eigenvalue weighted by Gasteiger charge is 2.23. The summed E-state index contributed by atoms with van der Waals surface area (Å²) < 4.78 is 28.3. The molecule has 1 amide bonds. The molecule has 2 aromatic rings. The summed E-state index contributed by atoms with van der Waals surface area (Å²) in [6.07, 6.45) is 2.03. The fourth-order valence-corrected chi connectivity index (χ4v) is 3.72. The highest BCUT2D eigenvalue weighted by molar-refractivity contribution is 7.89. The number of carbonyl (C=O) groups excluding carboxylic acids is 1. The van der Waals surface area contributed by atoms with Crippen LogP contribution in [0.5, 0.6) is 0 Å². The van der Waals surface area contributed by atoms with Gasteiger partial charge in [0, 0.05) is 13.1 Å². The molecule has 1 aromatic heterocycles. The van der Waals surface area contributed by atoms with Crippen LogP contribution in [-0.4, -0.2) is 44.6 Å². The lowest BCUT2D eigenvalue weighted by molar-refractivity contribution is -0.115. The number of carbonyl (C=O) groups is 1. The first-order valence-electron chi connectivity index (χ1n) is 8.99. The quantitative estimate of drug-likeness (QED) is 0.781. The van der Waals surface area contributed by atoms with Crippen LogP contribution in [0.25, 0.3) is 0 Å². The van der Waals surface area contributed by atoms with Crippen LogP contribution in [0.2, 0.25) is 0 Å². The first kappa shape index (κ1) is 20.2. The molecule has 1 fully saturated rings. The fraction of sp³-hybridized carbons (Fsp3) is 0.368. The molecule has 0 saturated carbocycles. The summed E-state index contributed by atoms with van der Waals surface area (Å²) in [4.78, 5) is 18.9. The molecule has 1 aliphatic rings. The number of hydrogen-bond acceptors (Lipinski definition) is 6. The van der Waals surface area contributed by atoms with Crippen molar-refractivity contribution < 1.29 is 17.9 Å². The molecular formula is C19H24N4O4S. The van der Waals surface area contributed by atoms with E-state index < -0.39 is 10.0 Å². The van der Waals surface area contributed by atoms with Gasteiger partial charge in [0.25, 0.3) is 0 Å². The number of hydrogen-bond donors (Lipinski definition) is 2. The zero-order chi connectivity index (χ0) is 20.3. The summed E-state index contributed by atoms with van der Waals surface area (Å²) in [6.45, 7) is 5.62. The fourth-order valence-electron chi connectivity index (χ4n) is 3.20. The van der Waals surface area contributed by atoms with Crippen LogP contribution in [0.1, 0.15) is 19.4 Å². The Hall–Kier alpha value is -2.49. The van der Waals surface area contributed by atoms with E-state index in [9.17, 15) is 13.2 Å². The molecule has 0 spiro atoms. The first-order chi connectivity index (χ1) is 13.2. The van der Waals surface area contributed by atoms with E-state index in [1.165, 1.54) is 12.1 Å². The number of nitrogens with two attached hydrogens (primary N) is 1. The standard InChI is InChI=1S/C19H24N4O4S/c1-13-11-23(12-14(2)27-13)18-8-5-16(10-21-18)22-19(24)9-15-3-6-17(7-4-15)28(20,25)26/h3-8,10,13-14H,9,11-12H2,1-2H3,(H,22,24)(H2,20,25,26). The summed E-state index contributed by atoms with van der Waals surface area (Å²) in [5.41, 5.74) is 1.29. The van der Waals surface area contributed by atoms with Crippen LogP contribution < -0.4 is 15.4 Å². The summed E-state index contributed by atoms with van der Waals surface area (Å²) in [5, 5.41) is 7.86. The number of amides is 1. The van der Waals surface area contributed by atoms with Crippen LogP contribution in [0.15, 0.2) is 47.5 Å². The van der Waals surface area contributed by atoms with E-state index in [2.05, 4.69) is 15.2 Å².